The number of hydrogen-bond acceptors (Lipinski definition) is 5. The van der Waals surface area contributed by atoms with Crippen molar-refractivity contribution >= 4 is 5.91 Å². The van der Waals surface area contributed by atoms with Crippen LogP contribution in [0.2, 0.25) is 0 Å². The van der Waals surface area contributed by atoms with E-state index >= 15 is 0 Å². The fraction of sp³-hybridized carbons (Fsp3) is 0.389. The topological polar surface area (TPSA) is 64.6 Å². The lowest BCUT2D eigenvalue weighted by Crippen LogP contribution is -2.32. The largest absolute Gasteiger partial charge is 0.477 e. The van der Waals surface area contributed by atoms with Gasteiger partial charge in [0.25, 0.3) is 11.8 Å². The van der Waals surface area contributed by atoms with Crippen LogP contribution in [0.4, 0.5) is 0 Å². The molecular formula is C18H21N3O3. The minimum Gasteiger partial charge on any atom is -0.477 e. The van der Waals surface area contributed by atoms with Gasteiger partial charge in [0.05, 0.1) is 20.1 Å². The third kappa shape index (κ3) is 3.82. The molecule has 1 aromatic heterocycles. The molecule has 1 atom stereocenters. The summed E-state index contributed by atoms with van der Waals surface area (Å²) in [5, 5.41) is 0. The quantitative estimate of drug-likeness (QED) is 0.840. The minimum absolute atomic E-state index is 0.0861. The number of ether oxygens (including phenoxy) is 2. The van der Waals surface area contributed by atoms with Crippen LogP contribution >= 0.6 is 0 Å². The van der Waals surface area contributed by atoms with Crippen molar-refractivity contribution in [3.63, 3.8) is 0 Å². The van der Waals surface area contributed by atoms with E-state index in [2.05, 4.69) is 9.97 Å². The van der Waals surface area contributed by atoms with Gasteiger partial charge in [-0.25, -0.2) is 9.97 Å². The van der Waals surface area contributed by atoms with Gasteiger partial charge in [-0.1, -0.05) is 29.8 Å². The van der Waals surface area contributed by atoms with E-state index in [4.69, 9.17) is 9.47 Å². The number of nitrogens with zero attached hydrogens (tertiary/aromatic N) is 3. The lowest BCUT2D eigenvalue weighted by molar-refractivity contribution is -0.129. The molecule has 6 heteroatoms. The van der Waals surface area contributed by atoms with Crippen molar-refractivity contribution in [2.75, 3.05) is 20.2 Å². The number of aryl methyl sites for hydroxylation is 1. The van der Waals surface area contributed by atoms with Crippen molar-refractivity contribution in [2.45, 2.75) is 25.9 Å². The second-order valence-electron chi connectivity index (χ2n) is 5.90. The molecule has 126 valence electrons. The molecule has 0 N–H and O–H groups in total. The van der Waals surface area contributed by atoms with Crippen molar-refractivity contribution in [1.82, 2.24) is 14.9 Å². The van der Waals surface area contributed by atoms with Crippen molar-refractivity contribution in [1.29, 1.82) is 0 Å². The number of hydrogen-bond donors (Lipinski definition) is 0. The Balaban J connectivity index is 1.58. The molecule has 3 rings (SSSR count). The summed E-state index contributed by atoms with van der Waals surface area (Å²) < 4.78 is 11.0. The van der Waals surface area contributed by atoms with Crippen LogP contribution in [0.25, 0.3) is 0 Å². The van der Waals surface area contributed by atoms with Crippen molar-refractivity contribution < 1.29 is 14.3 Å². The Hall–Kier alpha value is -2.63. The van der Waals surface area contributed by atoms with Crippen LogP contribution in [-0.4, -0.2) is 47.1 Å². The highest BCUT2D eigenvalue weighted by molar-refractivity contribution is 5.79. The van der Waals surface area contributed by atoms with Crippen molar-refractivity contribution in [3.8, 4) is 11.8 Å². The molecule has 1 unspecified atom stereocenters. The Morgan fingerprint density at radius 2 is 2.08 bits per heavy atom. The lowest BCUT2D eigenvalue weighted by atomic mass is 10.1. The van der Waals surface area contributed by atoms with E-state index in [1.807, 2.05) is 36.1 Å². The summed E-state index contributed by atoms with van der Waals surface area (Å²) in [6.07, 6.45) is 4.23. The number of aromatic nitrogens is 2. The Bertz CT molecular complexity index is 720. The first-order valence-corrected chi connectivity index (χ1v) is 8.00. The molecule has 1 aliphatic heterocycles. The zero-order chi connectivity index (χ0) is 16.9. The van der Waals surface area contributed by atoms with Crippen LogP contribution in [-0.2, 0) is 11.2 Å². The van der Waals surface area contributed by atoms with Gasteiger partial charge in [-0.15, -0.1) is 0 Å². The highest BCUT2D eigenvalue weighted by Gasteiger charge is 2.28. The van der Waals surface area contributed by atoms with Crippen LogP contribution in [0.1, 0.15) is 17.5 Å². The number of likely N-dealkylation sites (tertiary alicyclic amines) is 1. The van der Waals surface area contributed by atoms with Gasteiger partial charge in [0.15, 0.2) is 0 Å². The zero-order valence-electron chi connectivity index (χ0n) is 13.9. The molecule has 0 aliphatic carbocycles. The van der Waals surface area contributed by atoms with Crippen LogP contribution < -0.4 is 9.47 Å². The maximum atomic E-state index is 12.5. The van der Waals surface area contributed by atoms with Crippen molar-refractivity contribution in [3.05, 3.63) is 47.8 Å². The second kappa shape index (κ2) is 7.29. The average molecular weight is 327 g/mol. The SMILES string of the molecule is COc1nccnc1OC1CCN(C(=O)Cc2cccc(C)c2)C1. The van der Waals surface area contributed by atoms with Crippen LogP contribution in [0.3, 0.4) is 0 Å². The summed E-state index contributed by atoms with van der Waals surface area (Å²) in [4.78, 5) is 22.5. The summed E-state index contributed by atoms with van der Waals surface area (Å²) in [5.41, 5.74) is 2.21. The van der Waals surface area contributed by atoms with Gasteiger partial charge in [0, 0.05) is 25.4 Å². The molecule has 1 saturated heterocycles. The molecule has 0 radical (unpaired) electrons. The molecular weight excluding hydrogens is 306 g/mol. The van der Waals surface area contributed by atoms with Gasteiger partial charge in [-0.3, -0.25) is 4.79 Å². The van der Waals surface area contributed by atoms with E-state index in [0.717, 1.165) is 17.5 Å². The molecule has 0 bridgehead atoms. The Morgan fingerprint density at radius 1 is 1.29 bits per heavy atom. The van der Waals surface area contributed by atoms with E-state index < -0.39 is 0 Å². The van der Waals surface area contributed by atoms with E-state index in [1.165, 1.54) is 7.11 Å². The second-order valence-corrected chi connectivity index (χ2v) is 5.90. The molecule has 2 aromatic rings. The highest BCUT2D eigenvalue weighted by atomic mass is 16.5. The fourth-order valence-electron chi connectivity index (χ4n) is 2.85. The first-order chi connectivity index (χ1) is 11.7. The lowest BCUT2D eigenvalue weighted by Gasteiger charge is -2.17. The van der Waals surface area contributed by atoms with Gasteiger partial charge >= 0.3 is 0 Å². The fourth-order valence-corrected chi connectivity index (χ4v) is 2.85. The average Bonchev–Trinajstić information content (AvgIpc) is 3.04. The predicted molar refractivity (Wildman–Crippen MR) is 89.1 cm³/mol. The standard InChI is InChI=1S/C18H21N3O3/c1-13-4-3-5-14(10-13)11-16(22)21-9-6-15(12-21)24-18-17(23-2)19-7-8-20-18/h3-5,7-8,10,15H,6,9,11-12H2,1-2H3. The first kappa shape index (κ1) is 16.2. The first-order valence-electron chi connectivity index (χ1n) is 8.00. The van der Waals surface area contributed by atoms with Gasteiger partial charge in [0.2, 0.25) is 5.91 Å². The predicted octanol–water partition coefficient (Wildman–Crippen LogP) is 2.02. The molecule has 1 aliphatic rings. The summed E-state index contributed by atoms with van der Waals surface area (Å²) in [6, 6.07) is 8.04. The van der Waals surface area contributed by atoms with Gasteiger partial charge in [0.1, 0.15) is 6.10 Å². The molecule has 1 amide bonds. The van der Waals surface area contributed by atoms with Crippen LogP contribution in [0.15, 0.2) is 36.7 Å². The number of methoxy groups -OCH3 is 1. The van der Waals surface area contributed by atoms with E-state index in [9.17, 15) is 4.79 Å². The maximum Gasteiger partial charge on any atom is 0.278 e. The number of carbonyl (C=O) groups excluding carboxylic acids is 1. The number of amides is 1. The highest BCUT2D eigenvalue weighted by Crippen LogP contribution is 2.24. The molecule has 1 fully saturated rings. The summed E-state index contributed by atoms with van der Waals surface area (Å²) in [5.74, 6) is 0.859. The third-order valence-electron chi connectivity index (χ3n) is 4.04. The Morgan fingerprint density at radius 3 is 2.83 bits per heavy atom. The van der Waals surface area contributed by atoms with E-state index in [0.29, 0.717) is 31.3 Å². The minimum atomic E-state index is -0.0861. The van der Waals surface area contributed by atoms with Gasteiger partial charge in [-0.2, -0.15) is 0 Å². The smallest absolute Gasteiger partial charge is 0.278 e. The van der Waals surface area contributed by atoms with Gasteiger partial charge in [-0.05, 0) is 12.5 Å². The van der Waals surface area contributed by atoms with Crippen LogP contribution in [0.5, 0.6) is 11.8 Å². The maximum absolute atomic E-state index is 12.5. The monoisotopic (exact) mass is 327 g/mol. The summed E-state index contributed by atoms with van der Waals surface area (Å²) >= 11 is 0. The van der Waals surface area contributed by atoms with E-state index in [-0.39, 0.29) is 12.0 Å². The Labute approximate surface area is 141 Å². The summed E-state index contributed by atoms with van der Waals surface area (Å²) in [6.45, 7) is 3.28. The molecule has 1 aromatic carbocycles. The number of rotatable bonds is 5. The molecule has 6 nitrogen and oxygen atoms in total. The molecule has 0 saturated carbocycles. The van der Waals surface area contributed by atoms with Gasteiger partial charge < -0.3 is 14.4 Å². The van der Waals surface area contributed by atoms with Crippen LogP contribution in [0, 0.1) is 6.92 Å². The Kier molecular flexibility index (Phi) is 4.93. The molecule has 24 heavy (non-hydrogen) atoms. The third-order valence-corrected chi connectivity index (χ3v) is 4.04. The number of benzene rings is 1. The molecule has 0 spiro atoms. The summed E-state index contributed by atoms with van der Waals surface area (Å²) in [7, 11) is 1.53. The van der Waals surface area contributed by atoms with Crippen molar-refractivity contribution in [2.24, 2.45) is 0 Å². The molecule has 2 heterocycles. The van der Waals surface area contributed by atoms with E-state index in [1.54, 1.807) is 12.4 Å². The normalized spacial score (nSPS) is 16.9. The number of carbonyl (C=O) groups is 1. The zero-order valence-corrected chi connectivity index (χ0v) is 13.9.